The summed E-state index contributed by atoms with van der Waals surface area (Å²) < 4.78 is 0. The fraction of sp³-hybridized carbons (Fsp3) is 0.875. The fourth-order valence-corrected chi connectivity index (χ4v) is 2.08. The van der Waals surface area contributed by atoms with Crippen LogP contribution in [0.15, 0.2) is 0 Å². The summed E-state index contributed by atoms with van der Waals surface area (Å²) in [5.41, 5.74) is 0.414. The van der Waals surface area contributed by atoms with Crippen LogP contribution in [-0.4, -0.2) is 35.6 Å². The van der Waals surface area contributed by atoms with E-state index in [9.17, 15) is 4.79 Å². The van der Waals surface area contributed by atoms with Crippen molar-refractivity contribution in [1.29, 1.82) is 0 Å². The summed E-state index contributed by atoms with van der Waals surface area (Å²) in [6.07, 6.45) is 3.35. The summed E-state index contributed by atoms with van der Waals surface area (Å²) in [5, 5.41) is 8.80. The van der Waals surface area contributed by atoms with Gasteiger partial charge in [0.25, 0.3) is 0 Å². The third-order valence-corrected chi connectivity index (χ3v) is 2.99. The van der Waals surface area contributed by atoms with E-state index >= 15 is 0 Å². The Morgan fingerprint density at radius 1 is 1.64 bits per heavy atom. The predicted octanol–water partition coefficient (Wildman–Crippen LogP) is 0.555. The van der Waals surface area contributed by atoms with Crippen LogP contribution in [0.4, 0.5) is 0 Å². The molecule has 1 aliphatic carbocycles. The minimum Gasteiger partial charge on any atom is -0.480 e. The number of likely N-dealkylation sites (tertiary alicyclic amines) is 1. The summed E-state index contributed by atoms with van der Waals surface area (Å²) in [5.74, 6) is -0.656. The number of carboxylic acid groups (broad SMARTS) is 1. The van der Waals surface area contributed by atoms with Gasteiger partial charge in [0.05, 0.1) is 0 Å². The fourth-order valence-electron chi connectivity index (χ4n) is 2.08. The topological polar surface area (TPSA) is 40.5 Å². The van der Waals surface area contributed by atoms with Gasteiger partial charge in [-0.25, -0.2) is 0 Å². The van der Waals surface area contributed by atoms with Crippen molar-refractivity contribution in [2.45, 2.75) is 25.3 Å². The molecule has 1 atom stereocenters. The summed E-state index contributed by atoms with van der Waals surface area (Å²) in [6, 6.07) is -0.211. The van der Waals surface area contributed by atoms with Gasteiger partial charge in [0.1, 0.15) is 6.04 Å². The number of nitrogens with zero attached hydrogens (tertiary/aromatic N) is 1. The molecule has 0 aromatic carbocycles. The molecule has 1 saturated carbocycles. The SMILES string of the molecule is CN1CC2(CC2)CC1C(=O)O. The monoisotopic (exact) mass is 155 g/mol. The molecule has 1 N–H and O–H groups in total. The lowest BCUT2D eigenvalue weighted by molar-refractivity contribution is -0.141. The Balaban J connectivity index is 2.08. The summed E-state index contributed by atoms with van der Waals surface area (Å²) in [6.45, 7) is 0.990. The average Bonchev–Trinajstić information content (AvgIpc) is 2.54. The normalized spacial score (nSPS) is 34.5. The molecule has 1 aliphatic heterocycles. The van der Waals surface area contributed by atoms with Gasteiger partial charge < -0.3 is 5.11 Å². The van der Waals surface area contributed by atoms with E-state index in [2.05, 4.69) is 0 Å². The first-order valence-electron chi connectivity index (χ1n) is 4.06. The van der Waals surface area contributed by atoms with E-state index < -0.39 is 5.97 Å². The number of rotatable bonds is 1. The van der Waals surface area contributed by atoms with E-state index in [4.69, 9.17) is 5.11 Å². The third-order valence-electron chi connectivity index (χ3n) is 2.99. The lowest BCUT2D eigenvalue weighted by atomic mass is 10.0. The molecule has 2 rings (SSSR count). The standard InChI is InChI=1S/C8H13NO2/c1-9-5-8(2-3-8)4-6(9)7(10)11/h6H,2-5H2,1H3,(H,10,11). The van der Waals surface area contributed by atoms with Crippen molar-refractivity contribution < 1.29 is 9.90 Å². The maximum Gasteiger partial charge on any atom is 0.320 e. The van der Waals surface area contributed by atoms with Gasteiger partial charge in [0, 0.05) is 6.54 Å². The molecule has 3 heteroatoms. The molecule has 0 amide bonds. The van der Waals surface area contributed by atoms with Crippen molar-refractivity contribution in [3.05, 3.63) is 0 Å². The number of hydrogen-bond donors (Lipinski definition) is 1. The Morgan fingerprint density at radius 3 is 2.55 bits per heavy atom. The van der Waals surface area contributed by atoms with E-state index in [0.29, 0.717) is 5.41 Å². The predicted molar refractivity (Wildman–Crippen MR) is 40.3 cm³/mol. The molecule has 1 spiro atoms. The van der Waals surface area contributed by atoms with Crippen LogP contribution in [0.25, 0.3) is 0 Å². The minimum atomic E-state index is -0.656. The van der Waals surface area contributed by atoms with Crippen LogP contribution in [0.3, 0.4) is 0 Å². The summed E-state index contributed by atoms with van der Waals surface area (Å²) in [4.78, 5) is 12.7. The molecule has 1 unspecified atom stereocenters. The van der Waals surface area contributed by atoms with Crippen LogP contribution in [0.1, 0.15) is 19.3 Å². The Bertz CT molecular complexity index is 198. The van der Waals surface area contributed by atoms with Crippen LogP contribution in [-0.2, 0) is 4.79 Å². The van der Waals surface area contributed by atoms with Gasteiger partial charge in [-0.2, -0.15) is 0 Å². The van der Waals surface area contributed by atoms with Crippen molar-refractivity contribution in [3.8, 4) is 0 Å². The van der Waals surface area contributed by atoms with Crippen LogP contribution in [0.5, 0.6) is 0 Å². The highest BCUT2D eigenvalue weighted by Crippen LogP contribution is 2.54. The Kier molecular flexibility index (Phi) is 1.27. The van der Waals surface area contributed by atoms with Gasteiger partial charge in [-0.15, -0.1) is 0 Å². The van der Waals surface area contributed by atoms with Crippen LogP contribution >= 0.6 is 0 Å². The Hall–Kier alpha value is -0.570. The second-order valence-electron chi connectivity index (χ2n) is 3.97. The smallest absolute Gasteiger partial charge is 0.320 e. The van der Waals surface area contributed by atoms with Crippen LogP contribution in [0, 0.1) is 5.41 Å². The number of likely N-dealkylation sites (N-methyl/N-ethyl adjacent to an activating group) is 1. The van der Waals surface area contributed by atoms with E-state index in [-0.39, 0.29) is 6.04 Å². The van der Waals surface area contributed by atoms with E-state index in [1.807, 2.05) is 11.9 Å². The number of carbonyl (C=O) groups is 1. The zero-order valence-electron chi connectivity index (χ0n) is 6.71. The Morgan fingerprint density at radius 2 is 2.27 bits per heavy atom. The third kappa shape index (κ3) is 1.03. The first-order chi connectivity index (χ1) is 5.13. The van der Waals surface area contributed by atoms with Crippen molar-refractivity contribution in [1.82, 2.24) is 4.90 Å². The Labute approximate surface area is 66.0 Å². The number of hydrogen-bond acceptors (Lipinski definition) is 2. The number of carboxylic acids is 1. The van der Waals surface area contributed by atoms with Crippen molar-refractivity contribution >= 4 is 5.97 Å². The second kappa shape index (κ2) is 1.97. The first kappa shape index (κ1) is 7.10. The minimum absolute atomic E-state index is 0.211. The average molecular weight is 155 g/mol. The molecule has 1 saturated heterocycles. The molecule has 1 heterocycles. The summed E-state index contributed by atoms with van der Waals surface area (Å²) >= 11 is 0. The molecule has 0 radical (unpaired) electrons. The molecule has 62 valence electrons. The van der Waals surface area contributed by atoms with Gasteiger partial charge >= 0.3 is 5.97 Å². The molecule has 2 fully saturated rings. The van der Waals surface area contributed by atoms with Crippen molar-refractivity contribution in [2.24, 2.45) is 5.41 Å². The van der Waals surface area contributed by atoms with Crippen molar-refractivity contribution in [2.75, 3.05) is 13.6 Å². The quantitative estimate of drug-likeness (QED) is 0.601. The number of aliphatic carboxylic acids is 1. The molecule has 0 bridgehead atoms. The highest BCUT2D eigenvalue weighted by molar-refractivity contribution is 5.74. The maximum absolute atomic E-state index is 10.7. The van der Waals surface area contributed by atoms with Gasteiger partial charge in [0.2, 0.25) is 0 Å². The maximum atomic E-state index is 10.7. The zero-order valence-corrected chi connectivity index (χ0v) is 6.71. The van der Waals surface area contributed by atoms with E-state index in [0.717, 1.165) is 13.0 Å². The molecule has 0 aromatic heterocycles. The molecule has 11 heavy (non-hydrogen) atoms. The highest BCUT2D eigenvalue weighted by Gasteiger charge is 2.52. The van der Waals surface area contributed by atoms with Gasteiger partial charge in [0.15, 0.2) is 0 Å². The van der Waals surface area contributed by atoms with Crippen molar-refractivity contribution in [3.63, 3.8) is 0 Å². The van der Waals surface area contributed by atoms with Gasteiger partial charge in [-0.1, -0.05) is 0 Å². The molecule has 0 aromatic rings. The molecule has 2 aliphatic rings. The lowest BCUT2D eigenvalue weighted by Gasteiger charge is -2.13. The van der Waals surface area contributed by atoms with Crippen LogP contribution in [0.2, 0.25) is 0 Å². The van der Waals surface area contributed by atoms with Gasteiger partial charge in [-0.3, -0.25) is 9.69 Å². The molecule has 3 nitrogen and oxygen atoms in total. The largest absolute Gasteiger partial charge is 0.480 e. The van der Waals surface area contributed by atoms with E-state index in [1.54, 1.807) is 0 Å². The van der Waals surface area contributed by atoms with Gasteiger partial charge in [-0.05, 0) is 31.7 Å². The molecular formula is C8H13NO2. The highest BCUT2D eigenvalue weighted by atomic mass is 16.4. The van der Waals surface area contributed by atoms with E-state index in [1.165, 1.54) is 12.8 Å². The lowest BCUT2D eigenvalue weighted by Crippen LogP contribution is -2.32. The zero-order chi connectivity index (χ0) is 8.06. The summed E-state index contributed by atoms with van der Waals surface area (Å²) in [7, 11) is 1.91. The molecular weight excluding hydrogens is 142 g/mol. The van der Waals surface area contributed by atoms with Crippen LogP contribution < -0.4 is 0 Å². The second-order valence-corrected chi connectivity index (χ2v) is 3.97. The first-order valence-corrected chi connectivity index (χ1v) is 4.06.